The van der Waals surface area contributed by atoms with Gasteiger partial charge in [0.1, 0.15) is 24.5 Å². The Hall–Kier alpha value is -3.03. The van der Waals surface area contributed by atoms with Crippen molar-refractivity contribution in [1.82, 2.24) is 19.7 Å². The first-order valence-corrected chi connectivity index (χ1v) is 8.84. The van der Waals surface area contributed by atoms with Crippen LogP contribution in [0, 0.1) is 11.7 Å². The van der Waals surface area contributed by atoms with Crippen molar-refractivity contribution in [1.29, 1.82) is 0 Å². The van der Waals surface area contributed by atoms with Crippen molar-refractivity contribution in [3.8, 4) is 0 Å². The number of anilines is 1. The third kappa shape index (κ3) is 3.11. The van der Waals surface area contributed by atoms with Crippen LogP contribution in [0.25, 0.3) is 11.0 Å². The van der Waals surface area contributed by atoms with Crippen LogP contribution in [0.2, 0.25) is 0 Å². The maximum absolute atomic E-state index is 13.8. The first-order chi connectivity index (χ1) is 13.1. The maximum Gasteiger partial charge on any atom is 0.327 e. The number of carbonyl (C=O) groups excluding carboxylic acids is 1. The molecular weight excluding hydrogens is 349 g/mol. The van der Waals surface area contributed by atoms with Gasteiger partial charge in [-0.2, -0.15) is 5.10 Å². The molecule has 1 fully saturated rings. The van der Waals surface area contributed by atoms with Crippen LogP contribution in [0.15, 0.2) is 36.8 Å². The Balaban J connectivity index is 1.76. The van der Waals surface area contributed by atoms with Crippen LogP contribution in [0.5, 0.6) is 0 Å². The minimum atomic E-state index is -0.396. The number of methoxy groups -OCH3 is 1. The molecule has 0 aliphatic carbocycles. The van der Waals surface area contributed by atoms with E-state index in [2.05, 4.69) is 26.9 Å². The van der Waals surface area contributed by atoms with Crippen LogP contribution in [-0.4, -0.2) is 39.4 Å². The van der Waals surface area contributed by atoms with Crippen LogP contribution in [0.3, 0.4) is 0 Å². The zero-order valence-corrected chi connectivity index (χ0v) is 15.2. The normalized spacial score (nSPS) is 19.6. The van der Waals surface area contributed by atoms with E-state index in [1.54, 1.807) is 18.3 Å². The summed E-state index contributed by atoms with van der Waals surface area (Å²) in [6.45, 7) is 2.95. The Morgan fingerprint density at radius 2 is 2.22 bits per heavy atom. The van der Waals surface area contributed by atoms with Crippen molar-refractivity contribution in [3.05, 3.63) is 48.2 Å². The molecule has 2 unspecified atom stereocenters. The maximum atomic E-state index is 13.8. The van der Waals surface area contributed by atoms with Gasteiger partial charge in [-0.3, -0.25) is 4.79 Å². The molecule has 1 aromatic carbocycles. The van der Waals surface area contributed by atoms with Gasteiger partial charge in [-0.25, -0.2) is 19.0 Å². The molecule has 140 valence electrons. The number of nitrogens with zero attached hydrogens (tertiary/aromatic N) is 5. The van der Waals surface area contributed by atoms with Crippen molar-refractivity contribution >= 4 is 22.8 Å². The van der Waals surface area contributed by atoms with Crippen LogP contribution in [0.4, 0.5) is 10.2 Å². The fourth-order valence-electron chi connectivity index (χ4n) is 3.80. The van der Waals surface area contributed by atoms with Crippen LogP contribution in [-0.2, 0) is 16.1 Å². The van der Waals surface area contributed by atoms with Crippen molar-refractivity contribution < 1.29 is 13.9 Å². The second-order valence-corrected chi connectivity index (χ2v) is 6.77. The summed E-state index contributed by atoms with van der Waals surface area (Å²) in [4.78, 5) is 22.5. The van der Waals surface area contributed by atoms with Gasteiger partial charge < -0.3 is 9.64 Å². The van der Waals surface area contributed by atoms with Gasteiger partial charge in [0.05, 0.1) is 24.7 Å². The van der Waals surface area contributed by atoms with Crippen LogP contribution in [0.1, 0.15) is 24.9 Å². The number of esters is 1. The molecule has 3 heterocycles. The van der Waals surface area contributed by atoms with Gasteiger partial charge in [-0.1, -0.05) is 19.1 Å². The van der Waals surface area contributed by atoms with Gasteiger partial charge in [0.15, 0.2) is 5.65 Å². The summed E-state index contributed by atoms with van der Waals surface area (Å²) in [6, 6.07) is 6.73. The number of halogens is 1. The quantitative estimate of drug-likeness (QED) is 0.659. The van der Waals surface area contributed by atoms with Crippen molar-refractivity contribution in [3.63, 3.8) is 0 Å². The number of hydrogen-bond acceptors (Lipinski definition) is 6. The lowest BCUT2D eigenvalue weighted by Crippen LogP contribution is -2.26. The lowest BCUT2D eigenvalue weighted by Gasteiger charge is -2.28. The standard InChI is InChI=1S/C19H20FN5O2/c1-12-6-7-24(17(12)13-4-3-5-14(20)8-13)18-15-9-23-25(10-16(26)27-2)19(15)22-11-21-18/h3-5,8-9,11-12,17H,6-7,10H2,1-2H3. The summed E-state index contributed by atoms with van der Waals surface area (Å²) in [7, 11) is 1.34. The second-order valence-electron chi connectivity index (χ2n) is 6.77. The molecule has 0 saturated carbocycles. The first kappa shape index (κ1) is 17.4. The molecule has 0 bridgehead atoms. The van der Waals surface area contributed by atoms with E-state index in [0.717, 1.165) is 29.7 Å². The predicted octanol–water partition coefficient (Wildman–Crippen LogP) is 2.73. The molecule has 3 aromatic rings. The highest BCUT2D eigenvalue weighted by Crippen LogP contribution is 2.41. The first-order valence-electron chi connectivity index (χ1n) is 8.84. The summed E-state index contributed by atoms with van der Waals surface area (Å²) >= 11 is 0. The number of ether oxygens (including phenoxy) is 1. The lowest BCUT2D eigenvalue weighted by atomic mass is 9.95. The van der Waals surface area contributed by atoms with E-state index in [0.29, 0.717) is 11.6 Å². The van der Waals surface area contributed by atoms with E-state index >= 15 is 0 Å². The number of rotatable bonds is 4. The van der Waals surface area contributed by atoms with Gasteiger partial charge in [0.2, 0.25) is 0 Å². The monoisotopic (exact) mass is 369 g/mol. The van der Waals surface area contributed by atoms with E-state index in [1.165, 1.54) is 24.2 Å². The van der Waals surface area contributed by atoms with Gasteiger partial charge in [0, 0.05) is 6.54 Å². The summed E-state index contributed by atoms with van der Waals surface area (Å²) < 4.78 is 20.0. The molecule has 1 aliphatic heterocycles. The number of fused-ring (bicyclic) bond motifs is 1. The van der Waals surface area contributed by atoms with Gasteiger partial charge in [-0.05, 0) is 30.0 Å². The number of carbonyl (C=O) groups is 1. The Bertz CT molecular complexity index is 989. The third-order valence-electron chi connectivity index (χ3n) is 5.08. The minimum absolute atomic E-state index is 0.0137. The second kappa shape index (κ2) is 6.94. The molecule has 4 rings (SSSR count). The molecular formula is C19H20FN5O2. The number of benzene rings is 1. The minimum Gasteiger partial charge on any atom is -0.468 e. The molecule has 0 spiro atoms. The average molecular weight is 369 g/mol. The molecule has 27 heavy (non-hydrogen) atoms. The summed E-state index contributed by atoms with van der Waals surface area (Å²) in [5.74, 6) is 0.453. The molecule has 0 N–H and O–H groups in total. The van der Waals surface area contributed by atoms with Gasteiger partial charge in [-0.15, -0.1) is 0 Å². The highest BCUT2D eigenvalue weighted by atomic mass is 19.1. The SMILES string of the molecule is COC(=O)Cn1ncc2c(N3CCC(C)C3c3cccc(F)c3)ncnc21. The largest absolute Gasteiger partial charge is 0.468 e. The molecule has 7 nitrogen and oxygen atoms in total. The number of aromatic nitrogens is 4. The number of hydrogen-bond donors (Lipinski definition) is 0. The highest BCUT2D eigenvalue weighted by molar-refractivity contribution is 5.87. The van der Waals surface area contributed by atoms with E-state index in [4.69, 9.17) is 4.74 Å². The van der Waals surface area contributed by atoms with E-state index in [1.807, 2.05) is 6.07 Å². The van der Waals surface area contributed by atoms with Crippen molar-refractivity contribution in [2.24, 2.45) is 5.92 Å². The topological polar surface area (TPSA) is 73.1 Å². The van der Waals surface area contributed by atoms with Gasteiger partial charge >= 0.3 is 5.97 Å². The molecule has 1 aliphatic rings. The molecule has 0 amide bonds. The molecule has 2 atom stereocenters. The van der Waals surface area contributed by atoms with Crippen LogP contribution < -0.4 is 4.90 Å². The Labute approximate surface area is 155 Å². The van der Waals surface area contributed by atoms with Crippen molar-refractivity contribution in [2.45, 2.75) is 25.9 Å². The Morgan fingerprint density at radius 3 is 3.00 bits per heavy atom. The molecule has 1 saturated heterocycles. The lowest BCUT2D eigenvalue weighted by molar-refractivity contribution is -0.141. The Kier molecular flexibility index (Phi) is 4.47. The fourth-order valence-corrected chi connectivity index (χ4v) is 3.80. The summed E-state index contributed by atoms with van der Waals surface area (Å²) in [5, 5.41) is 5.03. The summed E-state index contributed by atoms with van der Waals surface area (Å²) in [6.07, 6.45) is 4.11. The molecule has 0 radical (unpaired) electrons. The third-order valence-corrected chi connectivity index (χ3v) is 5.08. The van der Waals surface area contributed by atoms with Crippen molar-refractivity contribution in [2.75, 3.05) is 18.6 Å². The van der Waals surface area contributed by atoms with E-state index in [-0.39, 0.29) is 18.4 Å². The smallest absolute Gasteiger partial charge is 0.327 e. The van der Waals surface area contributed by atoms with E-state index in [9.17, 15) is 9.18 Å². The zero-order chi connectivity index (χ0) is 19.0. The summed E-state index contributed by atoms with van der Waals surface area (Å²) in [5.41, 5.74) is 1.50. The predicted molar refractivity (Wildman–Crippen MR) is 97.6 cm³/mol. The van der Waals surface area contributed by atoms with E-state index < -0.39 is 5.97 Å². The average Bonchev–Trinajstić information content (AvgIpc) is 3.25. The van der Waals surface area contributed by atoms with Crippen LogP contribution >= 0.6 is 0 Å². The molecule has 2 aromatic heterocycles. The van der Waals surface area contributed by atoms with Gasteiger partial charge in [0.25, 0.3) is 0 Å². The highest BCUT2D eigenvalue weighted by Gasteiger charge is 2.34. The zero-order valence-electron chi connectivity index (χ0n) is 15.2. The molecule has 8 heteroatoms. The fraction of sp³-hybridized carbons (Fsp3) is 0.368. The Morgan fingerprint density at radius 1 is 1.37 bits per heavy atom.